The summed E-state index contributed by atoms with van der Waals surface area (Å²) in [6.45, 7) is 1.81. The molecular formula is C20H25FN4O3. The lowest BCUT2D eigenvalue weighted by Gasteiger charge is -2.26. The van der Waals surface area contributed by atoms with Gasteiger partial charge in [-0.05, 0) is 39.1 Å². The predicted molar refractivity (Wildman–Crippen MR) is 105 cm³/mol. The first kappa shape index (κ1) is 20.0. The van der Waals surface area contributed by atoms with Crippen molar-refractivity contribution in [3.63, 3.8) is 0 Å². The molecular weight excluding hydrogens is 363 g/mol. The van der Waals surface area contributed by atoms with Gasteiger partial charge in [-0.3, -0.25) is 14.4 Å². The molecule has 1 atom stereocenters. The van der Waals surface area contributed by atoms with Crippen LogP contribution in [0.4, 0.5) is 4.39 Å². The second kappa shape index (κ2) is 8.52. The number of hydrogen-bond donors (Lipinski definition) is 2. The zero-order valence-electron chi connectivity index (χ0n) is 16.1. The molecule has 8 heteroatoms. The van der Waals surface area contributed by atoms with Gasteiger partial charge >= 0.3 is 0 Å². The molecule has 2 amide bonds. The first-order chi connectivity index (χ1) is 13.4. The van der Waals surface area contributed by atoms with Crippen molar-refractivity contribution in [1.29, 1.82) is 0 Å². The van der Waals surface area contributed by atoms with Crippen LogP contribution in [0.5, 0.6) is 0 Å². The molecule has 1 aliphatic heterocycles. The molecule has 0 radical (unpaired) electrons. The van der Waals surface area contributed by atoms with Crippen molar-refractivity contribution in [3.8, 4) is 0 Å². The summed E-state index contributed by atoms with van der Waals surface area (Å²) >= 11 is 0. The Balaban J connectivity index is 1.61. The minimum Gasteiger partial charge on any atom is -0.358 e. The third kappa shape index (κ3) is 4.22. The zero-order valence-corrected chi connectivity index (χ0v) is 16.1. The Morgan fingerprint density at radius 1 is 1.36 bits per heavy atom. The number of para-hydroxylation sites is 1. The van der Waals surface area contributed by atoms with E-state index in [0.29, 0.717) is 25.9 Å². The molecule has 1 aromatic heterocycles. The summed E-state index contributed by atoms with van der Waals surface area (Å²) in [4.78, 5) is 43.5. The van der Waals surface area contributed by atoms with Crippen molar-refractivity contribution in [2.45, 2.75) is 25.3 Å². The highest BCUT2D eigenvalue weighted by Crippen LogP contribution is 2.20. The molecule has 28 heavy (non-hydrogen) atoms. The fourth-order valence-corrected chi connectivity index (χ4v) is 3.54. The highest BCUT2D eigenvalue weighted by molar-refractivity contribution is 5.97. The van der Waals surface area contributed by atoms with E-state index < -0.39 is 17.2 Å². The van der Waals surface area contributed by atoms with Crippen LogP contribution in [0.25, 0.3) is 10.9 Å². The lowest BCUT2D eigenvalue weighted by atomic mass is 10.1. The summed E-state index contributed by atoms with van der Waals surface area (Å²) in [6, 6.07) is 4.27. The number of likely N-dealkylation sites (tertiary alicyclic amines) is 1. The number of carbonyl (C=O) groups excluding carboxylic acids is 2. The quantitative estimate of drug-likeness (QED) is 0.750. The molecule has 0 saturated carbocycles. The van der Waals surface area contributed by atoms with Gasteiger partial charge in [0.15, 0.2) is 0 Å². The van der Waals surface area contributed by atoms with Crippen LogP contribution in [-0.4, -0.2) is 66.4 Å². The van der Waals surface area contributed by atoms with Crippen molar-refractivity contribution < 1.29 is 14.0 Å². The minimum atomic E-state index is -0.537. The SMILES string of the molecule is CN(C)CCN1C(=O)CC[C@@H]1CCNC(=O)c1c[nH]c2c(F)cccc2c1=O. The number of hydrogen-bond acceptors (Lipinski definition) is 4. The number of nitrogens with zero attached hydrogens (tertiary/aromatic N) is 2. The van der Waals surface area contributed by atoms with Crippen LogP contribution >= 0.6 is 0 Å². The predicted octanol–water partition coefficient (Wildman–Crippen LogP) is 1.34. The zero-order chi connectivity index (χ0) is 20.3. The molecule has 1 fully saturated rings. The smallest absolute Gasteiger partial charge is 0.256 e. The second-order valence-electron chi connectivity index (χ2n) is 7.32. The number of halogens is 1. The maximum atomic E-state index is 13.7. The molecule has 1 saturated heterocycles. The summed E-state index contributed by atoms with van der Waals surface area (Å²) in [5, 5.41) is 2.89. The van der Waals surface area contributed by atoms with Gasteiger partial charge in [0, 0.05) is 43.7 Å². The Morgan fingerprint density at radius 3 is 2.89 bits per heavy atom. The Morgan fingerprint density at radius 2 is 2.14 bits per heavy atom. The number of likely N-dealkylation sites (N-methyl/N-ethyl adjacent to an activating group) is 1. The van der Waals surface area contributed by atoms with E-state index in [2.05, 4.69) is 10.3 Å². The van der Waals surface area contributed by atoms with Crippen molar-refractivity contribution in [2.75, 3.05) is 33.7 Å². The van der Waals surface area contributed by atoms with Crippen molar-refractivity contribution >= 4 is 22.7 Å². The average molecular weight is 388 g/mol. The fourth-order valence-electron chi connectivity index (χ4n) is 3.54. The van der Waals surface area contributed by atoms with E-state index in [9.17, 15) is 18.8 Å². The van der Waals surface area contributed by atoms with E-state index in [-0.39, 0.29) is 28.4 Å². The first-order valence-electron chi connectivity index (χ1n) is 9.41. The van der Waals surface area contributed by atoms with Crippen LogP contribution in [0.2, 0.25) is 0 Å². The Kier molecular flexibility index (Phi) is 6.08. The van der Waals surface area contributed by atoms with Gasteiger partial charge < -0.3 is 20.1 Å². The topological polar surface area (TPSA) is 85.5 Å². The number of H-pyrrole nitrogens is 1. The number of carbonyl (C=O) groups is 2. The molecule has 2 aromatic rings. The number of pyridine rings is 1. The molecule has 1 aliphatic rings. The van der Waals surface area contributed by atoms with Gasteiger partial charge in [0.1, 0.15) is 11.4 Å². The Bertz CT molecular complexity index is 941. The van der Waals surface area contributed by atoms with Gasteiger partial charge in [-0.15, -0.1) is 0 Å². The molecule has 0 bridgehead atoms. The van der Waals surface area contributed by atoms with Crippen LogP contribution in [0.15, 0.2) is 29.2 Å². The average Bonchev–Trinajstić information content (AvgIpc) is 3.00. The first-order valence-corrected chi connectivity index (χ1v) is 9.41. The van der Waals surface area contributed by atoms with Crippen LogP contribution in [0, 0.1) is 5.82 Å². The Hall–Kier alpha value is -2.74. The number of fused-ring (bicyclic) bond motifs is 1. The fraction of sp³-hybridized carbons (Fsp3) is 0.450. The number of aromatic nitrogens is 1. The second-order valence-corrected chi connectivity index (χ2v) is 7.32. The van der Waals surface area contributed by atoms with Gasteiger partial charge in [-0.1, -0.05) is 6.07 Å². The largest absolute Gasteiger partial charge is 0.358 e. The van der Waals surface area contributed by atoms with Gasteiger partial charge in [-0.25, -0.2) is 4.39 Å². The minimum absolute atomic E-state index is 0.0509. The third-order valence-electron chi connectivity index (χ3n) is 5.11. The summed E-state index contributed by atoms with van der Waals surface area (Å²) in [6.07, 6.45) is 3.18. The molecule has 0 unspecified atom stereocenters. The number of rotatable bonds is 7. The van der Waals surface area contributed by atoms with Crippen molar-refractivity contribution in [2.24, 2.45) is 0 Å². The van der Waals surface area contributed by atoms with Gasteiger partial charge in [-0.2, -0.15) is 0 Å². The highest BCUT2D eigenvalue weighted by Gasteiger charge is 2.30. The van der Waals surface area contributed by atoms with E-state index in [4.69, 9.17) is 0 Å². The lowest BCUT2D eigenvalue weighted by molar-refractivity contribution is -0.129. The summed E-state index contributed by atoms with van der Waals surface area (Å²) in [5.74, 6) is -0.895. The van der Waals surface area contributed by atoms with E-state index in [1.165, 1.54) is 24.4 Å². The van der Waals surface area contributed by atoms with Gasteiger partial charge in [0.2, 0.25) is 11.3 Å². The van der Waals surface area contributed by atoms with Gasteiger partial charge in [0.25, 0.3) is 5.91 Å². The maximum Gasteiger partial charge on any atom is 0.256 e. The highest BCUT2D eigenvalue weighted by atomic mass is 19.1. The number of aromatic amines is 1. The molecule has 0 aliphatic carbocycles. The molecule has 3 rings (SSSR count). The van der Waals surface area contributed by atoms with Crippen LogP contribution in [0.3, 0.4) is 0 Å². The monoisotopic (exact) mass is 388 g/mol. The number of nitrogens with one attached hydrogen (secondary N) is 2. The van der Waals surface area contributed by atoms with E-state index in [1.54, 1.807) is 0 Å². The Labute approximate surface area is 162 Å². The number of amides is 2. The summed E-state index contributed by atoms with van der Waals surface area (Å²) in [5.41, 5.74) is -0.468. The molecule has 150 valence electrons. The van der Waals surface area contributed by atoms with E-state index in [0.717, 1.165) is 13.0 Å². The standard InChI is InChI=1S/C20H25FN4O3/c1-24(2)10-11-25-13(6-7-17(25)26)8-9-22-20(28)15-12-23-18-14(19(15)27)4-3-5-16(18)21/h3-5,12-13H,6-11H2,1-2H3,(H,22,28)(H,23,27)/t13-/m1/s1. The molecule has 1 aromatic carbocycles. The lowest BCUT2D eigenvalue weighted by Crippen LogP contribution is -2.40. The van der Waals surface area contributed by atoms with E-state index in [1.807, 2.05) is 23.9 Å². The van der Waals surface area contributed by atoms with Crippen molar-refractivity contribution in [3.05, 3.63) is 46.0 Å². The van der Waals surface area contributed by atoms with Gasteiger partial charge in [0.05, 0.1) is 5.52 Å². The van der Waals surface area contributed by atoms with Crippen LogP contribution in [-0.2, 0) is 4.79 Å². The number of benzene rings is 1. The summed E-state index contributed by atoms with van der Waals surface area (Å²) < 4.78 is 13.7. The van der Waals surface area contributed by atoms with Crippen LogP contribution in [0.1, 0.15) is 29.6 Å². The molecule has 2 N–H and O–H groups in total. The molecule has 2 heterocycles. The third-order valence-corrected chi connectivity index (χ3v) is 5.11. The molecule has 7 nitrogen and oxygen atoms in total. The maximum absolute atomic E-state index is 13.7. The molecule has 0 spiro atoms. The van der Waals surface area contributed by atoms with Crippen molar-refractivity contribution in [1.82, 2.24) is 20.1 Å². The van der Waals surface area contributed by atoms with Crippen LogP contribution < -0.4 is 10.7 Å². The normalized spacial score (nSPS) is 16.9. The van der Waals surface area contributed by atoms with E-state index >= 15 is 0 Å². The summed E-state index contributed by atoms with van der Waals surface area (Å²) in [7, 11) is 3.92.